The quantitative estimate of drug-likeness (QED) is 0.895. The van der Waals surface area contributed by atoms with Crippen molar-refractivity contribution < 1.29 is 0 Å². The maximum absolute atomic E-state index is 5.71. The molecular weight excluding hydrogens is 222 g/mol. The van der Waals surface area contributed by atoms with E-state index in [1.807, 2.05) is 6.07 Å². The Bertz CT molecular complexity index is 565. The van der Waals surface area contributed by atoms with E-state index in [4.69, 9.17) is 10.7 Å². The zero-order valence-corrected chi connectivity index (χ0v) is 10.8. The lowest BCUT2D eigenvalue weighted by molar-refractivity contribution is 0.576. The molecule has 1 aliphatic heterocycles. The van der Waals surface area contributed by atoms with Gasteiger partial charge in [0.25, 0.3) is 0 Å². The molecule has 2 aromatic rings. The van der Waals surface area contributed by atoms with Crippen molar-refractivity contribution >= 4 is 16.7 Å². The normalized spacial score (nSPS) is 16.0. The average Bonchev–Trinajstić information content (AvgIpc) is 2.78. The maximum Gasteiger partial charge on any atom is 0.132 e. The molecule has 0 fully saturated rings. The Morgan fingerprint density at radius 3 is 3.06 bits per heavy atom. The molecule has 0 aliphatic carbocycles. The van der Waals surface area contributed by atoms with Gasteiger partial charge in [-0.3, -0.25) is 0 Å². The first kappa shape index (κ1) is 11.5. The van der Waals surface area contributed by atoms with E-state index in [0.717, 1.165) is 37.4 Å². The van der Waals surface area contributed by atoms with E-state index in [9.17, 15) is 0 Å². The van der Waals surface area contributed by atoms with Crippen LogP contribution >= 0.6 is 0 Å². The first-order valence-corrected chi connectivity index (χ1v) is 6.61. The third-order valence-corrected chi connectivity index (χ3v) is 3.67. The predicted molar refractivity (Wildman–Crippen MR) is 75.9 cm³/mol. The van der Waals surface area contributed by atoms with Crippen molar-refractivity contribution in [1.82, 2.24) is 4.98 Å². The average molecular weight is 241 g/mol. The van der Waals surface area contributed by atoms with Crippen LogP contribution in [0.2, 0.25) is 0 Å². The number of hydrogen-bond donors (Lipinski definition) is 1. The van der Waals surface area contributed by atoms with Crippen LogP contribution in [0.1, 0.15) is 12.5 Å². The van der Waals surface area contributed by atoms with Gasteiger partial charge in [-0.25, -0.2) is 4.98 Å². The molecule has 1 unspecified atom stereocenters. The standard InChI is InChI=1S/C15H19N3/c1-11(9-16)10-18-7-6-13-8-12-4-2-3-5-14(12)17-15(13)18/h2-5,8,11H,6-7,9-10,16H2,1H3. The molecule has 0 saturated heterocycles. The number of benzene rings is 1. The number of nitrogens with zero attached hydrogens (tertiary/aromatic N) is 2. The molecule has 1 aromatic heterocycles. The fraction of sp³-hybridized carbons (Fsp3) is 0.400. The zero-order chi connectivity index (χ0) is 12.5. The van der Waals surface area contributed by atoms with Crippen molar-refractivity contribution in [2.24, 2.45) is 11.7 Å². The molecule has 2 heterocycles. The molecule has 2 N–H and O–H groups in total. The molecule has 94 valence electrons. The Morgan fingerprint density at radius 1 is 1.39 bits per heavy atom. The summed E-state index contributed by atoms with van der Waals surface area (Å²) in [5, 5.41) is 1.24. The second-order valence-corrected chi connectivity index (χ2v) is 5.20. The highest BCUT2D eigenvalue weighted by Crippen LogP contribution is 2.29. The van der Waals surface area contributed by atoms with Gasteiger partial charge in [0, 0.05) is 18.5 Å². The summed E-state index contributed by atoms with van der Waals surface area (Å²) in [6.45, 7) is 5.01. The van der Waals surface area contributed by atoms with Crippen LogP contribution in [0.3, 0.4) is 0 Å². The maximum atomic E-state index is 5.71. The fourth-order valence-corrected chi connectivity index (χ4v) is 2.60. The van der Waals surface area contributed by atoms with Gasteiger partial charge < -0.3 is 10.6 Å². The third kappa shape index (κ3) is 1.95. The third-order valence-electron chi connectivity index (χ3n) is 3.67. The van der Waals surface area contributed by atoms with Crippen molar-refractivity contribution in [3.05, 3.63) is 35.9 Å². The number of fused-ring (bicyclic) bond motifs is 2. The van der Waals surface area contributed by atoms with Crippen LogP contribution in [0.15, 0.2) is 30.3 Å². The lowest BCUT2D eigenvalue weighted by Crippen LogP contribution is -2.30. The monoisotopic (exact) mass is 241 g/mol. The van der Waals surface area contributed by atoms with Crippen LogP contribution in [-0.2, 0) is 6.42 Å². The van der Waals surface area contributed by atoms with E-state index in [-0.39, 0.29) is 0 Å². The number of aromatic nitrogens is 1. The first-order chi connectivity index (χ1) is 8.78. The Morgan fingerprint density at radius 2 is 2.22 bits per heavy atom. The smallest absolute Gasteiger partial charge is 0.132 e. The summed E-state index contributed by atoms with van der Waals surface area (Å²) in [5.41, 5.74) is 8.17. The molecule has 1 aromatic carbocycles. The Kier molecular flexibility index (Phi) is 2.92. The molecule has 18 heavy (non-hydrogen) atoms. The van der Waals surface area contributed by atoms with E-state index >= 15 is 0 Å². The summed E-state index contributed by atoms with van der Waals surface area (Å²) in [5.74, 6) is 1.68. The lowest BCUT2D eigenvalue weighted by atomic mass is 10.1. The summed E-state index contributed by atoms with van der Waals surface area (Å²) < 4.78 is 0. The SMILES string of the molecule is CC(CN)CN1CCc2cc3ccccc3nc21. The Hall–Kier alpha value is -1.61. The van der Waals surface area contributed by atoms with Crippen LogP contribution in [-0.4, -0.2) is 24.6 Å². The number of hydrogen-bond acceptors (Lipinski definition) is 3. The van der Waals surface area contributed by atoms with Gasteiger partial charge in [0.15, 0.2) is 0 Å². The van der Waals surface area contributed by atoms with E-state index < -0.39 is 0 Å². The molecule has 0 radical (unpaired) electrons. The van der Waals surface area contributed by atoms with Gasteiger partial charge in [-0.15, -0.1) is 0 Å². The molecular formula is C15H19N3. The van der Waals surface area contributed by atoms with Crippen molar-refractivity contribution in [3.63, 3.8) is 0 Å². The van der Waals surface area contributed by atoms with Crippen LogP contribution in [0.25, 0.3) is 10.9 Å². The summed E-state index contributed by atoms with van der Waals surface area (Å²) >= 11 is 0. The zero-order valence-electron chi connectivity index (χ0n) is 10.8. The minimum Gasteiger partial charge on any atom is -0.356 e. The Balaban J connectivity index is 1.97. The van der Waals surface area contributed by atoms with E-state index in [1.54, 1.807) is 0 Å². The van der Waals surface area contributed by atoms with E-state index in [2.05, 4.69) is 36.1 Å². The summed E-state index contributed by atoms with van der Waals surface area (Å²) in [4.78, 5) is 7.18. The highest BCUT2D eigenvalue weighted by atomic mass is 15.2. The van der Waals surface area contributed by atoms with Crippen LogP contribution < -0.4 is 10.6 Å². The van der Waals surface area contributed by atoms with Gasteiger partial charge >= 0.3 is 0 Å². The predicted octanol–water partition coefficient (Wildman–Crippen LogP) is 2.19. The fourth-order valence-electron chi connectivity index (χ4n) is 2.60. The van der Waals surface area contributed by atoms with Crippen LogP contribution in [0.5, 0.6) is 0 Å². The van der Waals surface area contributed by atoms with Crippen molar-refractivity contribution in [3.8, 4) is 0 Å². The molecule has 0 bridgehead atoms. The molecule has 3 nitrogen and oxygen atoms in total. The first-order valence-electron chi connectivity index (χ1n) is 6.61. The molecule has 0 saturated carbocycles. The van der Waals surface area contributed by atoms with E-state index in [0.29, 0.717) is 5.92 Å². The second-order valence-electron chi connectivity index (χ2n) is 5.20. The Labute approximate surface area is 108 Å². The van der Waals surface area contributed by atoms with Crippen molar-refractivity contribution in [2.75, 3.05) is 24.5 Å². The van der Waals surface area contributed by atoms with Gasteiger partial charge in [-0.1, -0.05) is 25.1 Å². The highest BCUT2D eigenvalue weighted by molar-refractivity contribution is 5.82. The van der Waals surface area contributed by atoms with Crippen LogP contribution in [0.4, 0.5) is 5.82 Å². The number of pyridine rings is 1. The van der Waals surface area contributed by atoms with Crippen LogP contribution in [0, 0.1) is 5.92 Å². The van der Waals surface area contributed by atoms with Gasteiger partial charge in [0.1, 0.15) is 5.82 Å². The number of para-hydroxylation sites is 1. The van der Waals surface area contributed by atoms with Gasteiger partial charge in [-0.05, 0) is 36.6 Å². The van der Waals surface area contributed by atoms with Gasteiger partial charge in [0.05, 0.1) is 5.52 Å². The second kappa shape index (κ2) is 4.58. The molecule has 1 aliphatic rings. The minimum absolute atomic E-state index is 0.518. The molecule has 3 rings (SSSR count). The van der Waals surface area contributed by atoms with Crippen molar-refractivity contribution in [2.45, 2.75) is 13.3 Å². The number of nitrogens with two attached hydrogens (primary N) is 1. The van der Waals surface area contributed by atoms with Gasteiger partial charge in [-0.2, -0.15) is 0 Å². The number of rotatable bonds is 3. The molecule has 1 atom stereocenters. The molecule has 0 amide bonds. The minimum atomic E-state index is 0.518. The summed E-state index contributed by atoms with van der Waals surface area (Å²) in [6.07, 6.45) is 1.10. The summed E-state index contributed by atoms with van der Waals surface area (Å²) in [6, 6.07) is 10.6. The van der Waals surface area contributed by atoms with Gasteiger partial charge in [0.2, 0.25) is 0 Å². The summed E-state index contributed by atoms with van der Waals surface area (Å²) in [7, 11) is 0. The topological polar surface area (TPSA) is 42.1 Å². The molecule has 0 spiro atoms. The molecule has 3 heteroatoms. The largest absolute Gasteiger partial charge is 0.356 e. The van der Waals surface area contributed by atoms with E-state index in [1.165, 1.54) is 10.9 Å². The lowest BCUT2D eigenvalue weighted by Gasteiger charge is -2.22. The highest BCUT2D eigenvalue weighted by Gasteiger charge is 2.22. The number of anilines is 1. The van der Waals surface area contributed by atoms with Crippen molar-refractivity contribution in [1.29, 1.82) is 0 Å².